The van der Waals surface area contributed by atoms with Gasteiger partial charge < -0.3 is 9.15 Å². The summed E-state index contributed by atoms with van der Waals surface area (Å²) >= 11 is 6.22. The highest BCUT2D eigenvalue weighted by molar-refractivity contribution is 7.89. The number of benzene rings is 2. The first kappa shape index (κ1) is 21.5. The Labute approximate surface area is 184 Å². The van der Waals surface area contributed by atoms with Crippen LogP contribution in [-0.2, 0) is 27.7 Å². The van der Waals surface area contributed by atoms with Crippen LogP contribution < -0.4 is 14.9 Å². The maximum absolute atomic E-state index is 12.7. The molecule has 1 aromatic heterocycles. The third-order valence-corrected chi connectivity index (χ3v) is 7.03. The molecule has 0 spiro atoms. The molecule has 1 unspecified atom stereocenters. The number of fused-ring (bicyclic) bond motifs is 2. The summed E-state index contributed by atoms with van der Waals surface area (Å²) in [4.78, 5) is 25.3. The first-order valence-electron chi connectivity index (χ1n) is 9.74. The van der Waals surface area contributed by atoms with Gasteiger partial charge in [-0.25, -0.2) is 13.2 Å². The molecule has 0 amide bonds. The van der Waals surface area contributed by atoms with E-state index in [4.69, 9.17) is 20.8 Å². The van der Waals surface area contributed by atoms with E-state index < -0.39 is 22.0 Å². The van der Waals surface area contributed by atoms with Gasteiger partial charge in [-0.1, -0.05) is 29.3 Å². The van der Waals surface area contributed by atoms with Gasteiger partial charge in [-0.2, -0.15) is 4.72 Å². The fourth-order valence-corrected chi connectivity index (χ4v) is 4.89. The molecule has 1 aliphatic carbocycles. The van der Waals surface area contributed by atoms with Gasteiger partial charge in [0, 0.05) is 18.1 Å². The van der Waals surface area contributed by atoms with Crippen LogP contribution in [-0.4, -0.2) is 20.4 Å². The number of hydrogen-bond acceptors (Lipinski definition) is 6. The second kappa shape index (κ2) is 8.11. The van der Waals surface area contributed by atoms with Crippen LogP contribution in [0.3, 0.4) is 0 Å². The minimum absolute atomic E-state index is 0.0351. The van der Waals surface area contributed by atoms with Crippen LogP contribution in [0.1, 0.15) is 30.2 Å². The van der Waals surface area contributed by atoms with Gasteiger partial charge in [0.1, 0.15) is 17.4 Å². The van der Waals surface area contributed by atoms with Gasteiger partial charge in [-0.05, 0) is 44.9 Å². The summed E-state index contributed by atoms with van der Waals surface area (Å²) in [5, 5.41) is 0.344. The monoisotopic (exact) mass is 461 g/mol. The van der Waals surface area contributed by atoms with Crippen molar-refractivity contribution in [3.05, 3.63) is 68.5 Å². The molecule has 7 nitrogen and oxygen atoms in total. The quantitative estimate of drug-likeness (QED) is 0.460. The van der Waals surface area contributed by atoms with Crippen LogP contribution >= 0.6 is 11.6 Å². The predicted molar refractivity (Wildman–Crippen MR) is 116 cm³/mol. The molecule has 2 aromatic carbocycles. The molecule has 1 N–H and O–H groups in total. The second-order valence-electron chi connectivity index (χ2n) is 7.54. The summed E-state index contributed by atoms with van der Waals surface area (Å²) in [5.41, 5.74) is 1.69. The number of aryl methyl sites for hydroxylation is 2. The highest BCUT2D eigenvalue weighted by Crippen LogP contribution is 2.32. The number of ether oxygens (including phenoxy) is 1. The number of halogens is 1. The van der Waals surface area contributed by atoms with Crippen molar-refractivity contribution in [2.75, 3.05) is 0 Å². The van der Waals surface area contributed by atoms with Crippen LogP contribution in [0.25, 0.3) is 11.0 Å². The summed E-state index contributed by atoms with van der Waals surface area (Å²) in [6.07, 6.45) is 2.19. The Balaban J connectivity index is 1.57. The fraction of sp³-hybridized carbons (Fsp3) is 0.273. The number of rotatable bonds is 5. The van der Waals surface area contributed by atoms with Crippen molar-refractivity contribution in [3.63, 3.8) is 0 Å². The van der Waals surface area contributed by atoms with Crippen LogP contribution in [0.4, 0.5) is 0 Å². The van der Waals surface area contributed by atoms with E-state index in [0.717, 1.165) is 12.0 Å². The molecule has 1 heterocycles. The summed E-state index contributed by atoms with van der Waals surface area (Å²) < 4.78 is 38.4. The Hall–Kier alpha value is -2.68. The van der Waals surface area contributed by atoms with Crippen LogP contribution in [0.2, 0.25) is 5.02 Å². The first-order valence-corrected chi connectivity index (χ1v) is 11.6. The summed E-state index contributed by atoms with van der Waals surface area (Å²) in [6.45, 7) is 3.20. The molecule has 3 aromatic rings. The van der Waals surface area contributed by atoms with Crippen molar-refractivity contribution in [3.8, 4) is 5.75 Å². The highest BCUT2D eigenvalue weighted by atomic mass is 35.5. The Morgan fingerprint density at radius 1 is 1.19 bits per heavy atom. The van der Waals surface area contributed by atoms with Gasteiger partial charge in [0.25, 0.3) is 0 Å². The van der Waals surface area contributed by atoms with E-state index in [0.29, 0.717) is 29.7 Å². The van der Waals surface area contributed by atoms with Crippen molar-refractivity contribution in [1.82, 2.24) is 4.72 Å². The number of esters is 1. The van der Waals surface area contributed by atoms with Gasteiger partial charge in [-0.15, -0.1) is 0 Å². The summed E-state index contributed by atoms with van der Waals surface area (Å²) in [5.74, 6) is -0.231. The van der Waals surface area contributed by atoms with Crippen molar-refractivity contribution in [2.24, 2.45) is 0 Å². The van der Waals surface area contributed by atoms with Crippen molar-refractivity contribution < 1.29 is 22.4 Å². The maximum atomic E-state index is 12.7. The van der Waals surface area contributed by atoms with E-state index in [2.05, 4.69) is 4.72 Å². The van der Waals surface area contributed by atoms with Crippen molar-refractivity contribution in [1.29, 1.82) is 0 Å². The minimum Gasteiger partial charge on any atom is -0.460 e. The zero-order chi connectivity index (χ0) is 22.3. The SMILES string of the molecule is Cc1ccc(S(=O)(=O)NC(C)C(=O)Oc2cc3c(=O)c4c(oc3cc2Cl)CCC4)cc1. The van der Waals surface area contributed by atoms with Crippen LogP contribution in [0, 0.1) is 6.92 Å². The lowest BCUT2D eigenvalue weighted by molar-refractivity contribution is -0.135. The Bertz CT molecular complexity index is 1350. The lowest BCUT2D eigenvalue weighted by Crippen LogP contribution is -2.40. The fourth-order valence-electron chi connectivity index (χ4n) is 3.50. The predicted octanol–water partition coefficient (Wildman–Crippen LogP) is 3.52. The zero-order valence-corrected chi connectivity index (χ0v) is 18.5. The van der Waals surface area contributed by atoms with Gasteiger partial charge in [-0.3, -0.25) is 4.79 Å². The first-order chi connectivity index (χ1) is 14.7. The lowest BCUT2D eigenvalue weighted by Gasteiger charge is -2.15. The van der Waals surface area contributed by atoms with Crippen LogP contribution in [0.15, 0.2) is 50.5 Å². The topological polar surface area (TPSA) is 103 Å². The Morgan fingerprint density at radius 2 is 1.90 bits per heavy atom. The van der Waals surface area contributed by atoms with E-state index in [1.54, 1.807) is 12.1 Å². The summed E-state index contributed by atoms with van der Waals surface area (Å²) in [6, 6.07) is 7.83. The minimum atomic E-state index is -3.92. The average molecular weight is 462 g/mol. The molecule has 0 radical (unpaired) electrons. The van der Waals surface area contributed by atoms with Crippen LogP contribution in [0.5, 0.6) is 5.75 Å². The third-order valence-electron chi connectivity index (χ3n) is 5.18. The molecular weight excluding hydrogens is 442 g/mol. The third kappa shape index (κ3) is 4.23. The molecule has 1 atom stereocenters. The molecule has 0 saturated heterocycles. The second-order valence-corrected chi connectivity index (χ2v) is 9.66. The van der Waals surface area contributed by atoms with Gasteiger partial charge in [0.05, 0.1) is 15.3 Å². The molecule has 31 heavy (non-hydrogen) atoms. The maximum Gasteiger partial charge on any atom is 0.329 e. The van der Waals surface area contributed by atoms with Crippen molar-refractivity contribution in [2.45, 2.75) is 44.0 Å². The van der Waals surface area contributed by atoms with Gasteiger partial charge in [0.15, 0.2) is 11.2 Å². The standard InChI is InChI=1S/C22H20ClNO6S/c1-12-6-8-14(9-7-12)31(27,28)24-13(2)22(26)30-20-10-16-19(11-17(20)23)29-18-5-3-4-15(18)21(16)25/h6-11,13,24H,3-5H2,1-2H3. The molecule has 1 aliphatic rings. The number of hydrogen-bond donors (Lipinski definition) is 1. The van der Waals surface area contributed by atoms with E-state index in [1.807, 2.05) is 6.92 Å². The highest BCUT2D eigenvalue weighted by Gasteiger charge is 2.25. The zero-order valence-electron chi connectivity index (χ0n) is 16.9. The van der Waals surface area contributed by atoms with Gasteiger partial charge in [0.2, 0.25) is 10.0 Å². The van der Waals surface area contributed by atoms with E-state index in [-0.39, 0.29) is 26.5 Å². The molecule has 162 valence electrons. The van der Waals surface area contributed by atoms with E-state index in [9.17, 15) is 18.0 Å². The molecule has 0 aliphatic heterocycles. The smallest absolute Gasteiger partial charge is 0.329 e. The largest absolute Gasteiger partial charge is 0.460 e. The molecule has 0 saturated carbocycles. The molecular formula is C22H20ClNO6S. The van der Waals surface area contributed by atoms with E-state index in [1.165, 1.54) is 31.2 Å². The number of carbonyl (C=O) groups excluding carboxylic acids is 1. The Kier molecular flexibility index (Phi) is 5.63. The normalized spacial score (nSPS) is 14.4. The molecule has 9 heteroatoms. The number of carbonyl (C=O) groups is 1. The number of sulfonamides is 1. The molecule has 0 bridgehead atoms. The Morgan fingerprint density at radius 3 is 2.61 bits per heavy atom. The van der Waals surface area contributed by atoms with E-state index >= 15 is 0 Å². The average Bonchev–Trinajstić information content (AvgIpc) is 3.18. The number of nitrogens with one attached hydrogen (secondary N) is 1. The summed E-state index contributed by atoms with van der Waals surface area (Å²) in [7, 11) is -3.92. The molecule has 4 rings (SSSR count). The molecule has 0 fully saturated rings. The van der Waals surface area contributed by atoms with Gasteiger partial charge >= 0.3 is 5.97 Å². The van der Waals surface area contributed by atoms with Crippen molar-refractivity contribution >= 4 is 38.6 Å². The lowest BCUT2D eigenvalue weighted by atomic mass is 10.1.